The average Bonchev–Trinajstić information content (AvgIpc) is 2.64. The second kappa shape index (κ2) is 7.18. The topological polar surface area (TPSA) is 41.5 Å². The lowest BCUT2D eigenvalue weighted by atomic mass is 10.0. The monoisotopic (exact) mass is 300 g/mol. The molecule has 3 nitrogen and oxygen atoms in total. The Balaban J connectivity index is 1.96. The predicted molar refractivity (Wildman–Crippen MR) is 93.8 cm³/mol. The van der Waals surface area contributed by atoms with Gasteiger partial charge >= 0.3 is 0 Å². The number of carbonyl (C=O) groups excluding carboxylic acids is 1. The maximum Gasteiger partial charge on any atom is 0.213 e. The summed E-state index contributed by atoms with van der Waals surface area (Å²) in [5, 5.41) is 4.36. The van der Waals surface area contributed by atoms with E-state index >= 15 is 0 Å². The molecule has 0 aliphatic heterocycles. The molecule has 0 amide bonds. The van der Waals surface area contributed by atoms with E-state index in [-0.39, 0.29) is 5.78 Å². The summed E-state index contributed by atoms with van der Waals surface area (Å²) in [5.41, 5.74) is 5.58. The van der Waals surface area contributed by atoms with E-state index in [0.29, 0.717) is 11.3 Å². The Morgan fingerprint density at radius 2 is 1.13 bits per heavy atom. The lowest BCUT2D eigenvalue weighted by Gasteiger charge is -2.07. The van der Waals surface area contributed by atoms with Crippen molar-refractivity contribution in [3.8, 4) is 0 Å². The standard InChI is InChI=1S/C20H16N2O/c23-20(17-12-6-2-7-13-17)19(16-10-4-1-5-11-16)22-21-18-14-8-3-9-15-18/h1-15,21H/b22-19-. The van der Waals surface area contributed by atoms with E-state index < -0.39 is 0 Å². The van der Waals surface area contributed by atoms with Crippen LogP contribution >= 0.6 is 0 Å². The summed E-state index contributed by atoms with van der Waals surface area (Å²) in [4.78, 5) is 12.8. The highest BCUT2D eigenvalue weighted by molar-refractivity contribution is 6.51. The van der Waals surface area contributed by atoms with Crippen LogP contribution in [0, 0.1) is 0 Å². The zero-order valence-electron chi connectivity index (χ0n) is 12.5. The van der Waals surface area contributed by atoms with Gasteiger partial charge < -0.3 is 0 Å². The van der Waals surface area contributed by atoms with Gasteiger partial charge in [-0.05, 0) is 12.1 Å². The van der Waals surface area contributed by atoms with E-state index in [9.17, 15) is 4.79 Å². The molecular formula is C20H16N2O. The maximum atomic E-state index is 12.8. The molecule has 0 aliphatic carbocycles. The first kappa shape index (κ1) is 14.7. The van der Waals surface area contributed by atoms with Gasteiger partial charge in [-0.3, -0.25) is 10.2 Å². The van der Waals surface area contributed by atoms with Crippen LogP contribution in [-0.4, -0.2) is 11.5 Å². The molecule has 0 unspecified atom stereocenters. The highest BCUT2D eigenvalue weighted by Crippen LogP contribution is 2.11. The molecule has 0 atom stereocenters. The number of rotatable bonds is 5. The number of hydrazone groups is 1. The summed E-state index contributed by atoms with van der Waals surface area (Å²) < 4.78 is 0. The van der Waals surface area contributed by atoms with Crippen LogP contribution in [0.1, 0.15) is 15.9 Å². The van der Waals surface area contributed by atoms with Crippen LogP contribution in [0.15, 0.2) is 96.1 Å². The Bertz CT molecular complexity index is 797. The third kappa shape index (κ3) is 3.71. The van der Waals surface area contributed by atoms with Gasteiger partial charge in [0.15, 0.2) is 0 Å². The molecule has 0 saturated heterocycles. The molecule has 0 radical (unpaired) electrons. The van der Waals surface area contributed by atoms with Crippen molar-refractivity contribution in [1.29, 1.82) is 0 Å². The van der Waals surface area contributed by atoms with Gasteiger partial charge in [-0.1, -0.05) is 78.9 Å². The number of Topliss-reactive ketones (excluding diaryl/α,β-unsaturated/α-hetero) is 1. The van der Waals surface area contributed by atoms with Crippen molar-refractivity contribution in [3.05, 3.63) is 102 Å². The highest BCUT2D eigenvalue weighted by Gasteiger charge is 2.16. The van der Waals surface area contributed by atoms with Crippen molar-refractivity contribution in [1.82, 2.24) is 0 Å². The minimum absolute atomic E-state index is 0.111. The Labute approximate surface area is 135 Å². The van der Waals surface area contributed by atoms with E-state index in [4.69, 9.17) is 0 Å². The molecule has 1 N–H and O–H groups in total. The van der Waals surface area contributed by atoms with Crippen molar-refractivity contribution < 1.29 is 4.79 Å². The number of para-hydroxylation sites is 1. The van der Waals surface area contributed by atoms with Crippen LogP contribution in [0.25, 0.3) is 0 Å². The first-order valence-corrected chi connectivity index (χ1v) is 7.38. The number of anilines is 1. The Hall–Kier alpha value is -3.20. The normalized spacial score (nSPS) is 11.0. The van der Waals surface area contributed by atoms with Crippen LogP contribution in [-0.2, 0) is 0 Å². The zero-order valence-corrected chi connectivity index (χ0v) is 12.5. The number of hydrogen-bond acceptors (Lipinski definition) is 3. The van der Waals surface area contributed by atoms with Crippen molar-refractivity contribution in [3.63, 3.8) is 0 Å². The molecule has 3 aromatic rings. The third-order valence-corrected chi connectivity index (χ3v) is 3.37. The van der Waals surface area contributed by atoms with E-state index in [0.717, 1.165) is 11.3 Å². The molecule has 0 heterocycles. The lowest BCUT2D eigenvalue weighted by molar-refractivity contribution is 0.106. The van der Waals surface area contributed by atoms with Gasteiger partial charge in [0, 0.05) is 11.1 Å². The summed E-state index contributed by atoms with van der Waals surface area (Å²) in [7, 11) is 0. The Morgan fingerprint density at radius 1 is 0.652 bits per heavy atom. The molecule has 23 heavy (non-hydrogen) atoms. The van der Waals surface area contributed by atoms with E-state index in [1.807, 2.05) is 78.9 Å². The molecule has 0 fully saturated rings. The zero-order chi connectivity index (χ0) is 15.9. The fourth-order valence-electron chi connectivity index (χ4n) is 2.20. The number of ketones is 1. The number of benzene rings is 3. The summed E-state index contributed by atoms with van der Waals surface area (Å²) >= 11 is 0. The first-order chi connectivity index (χ1) is 11.3. The molecule has 3 heteroatoms. The lowest BCUT2D eigenvalue weighted by Crippen LogP contribution is -2.17. The second-order valence-electron chi connectivity index (χ2n) is 5.00. The van der Waals surface area contributed by atoms with Crippen LogP contribution in [0.3, 0.4) is 0 Å². The minimum Gasteiger partial charge on any atom is -0.287 e. The fraction of sp³-hybridized carbons (Fsp3) is 0. The molecule has 0 aromatic heterocycles. The van der Waals surface area contributed by atoms with Gasteiger partial charge in [0.2, 0.25) is 5.78 Å². The van der Waals surface area contributed by atoms with Crippen LogP contribution in [0.2, 0.25) is 0 Å². The van der Waals surface area contributed by atoms with Crippen LogP contribution < -0.4 is 5.43 Å². The molecule has 0 aliphatic rings. The van der Waals surface area contributed by atoms with Gasteiger partial charge in [-0.2, -0.15) is 5.10 Å². The number of nitrogens with zero attached hydrogens (tertiary/aromatic N) is 1. The van der Waals surface area contributed by atoms with Gasteiger partial charge in [-0.15, -0.1) is 0 Å². The smallest absolute Gasteiger partial charge is 0.213 e. The number of nitrogens with one attached hydrogen (secondary N) is 1. The van der Waals surface area contributed by atoms with Crippen molar-refractivity contribution in [2.24, 2.45) is 5.10 Å². The first-order valence-electron chi connectivity index (χ1n) is 7.38. The third-order valence-electron chi connectivity index (χ3n) is 3.37. The summed E-state index contributed by atoms with van der Waals surface area (Å²) in [6, 6.07) is 28.2. The highest BCUT2D eigenvalue weighted by atomic mass is 16.1. The van der Waals surface area contributed by atoms with Gasteiger partial charge in [0.25, 0.3) is 0 Å². The van der Waals surface area contributed by atoms with E-state index in [1.165, 1.54) is 0 Å². The van der Waals surface area contributed by atoms with Crippen molar-refractivity contribution >= 4 is 17.2 Å². The number of carbonyl (C=O) groups is 1. The Kier molecular flexibility index (Phi) is 4.60. The molecule has 3 aromatic carbocycles. The van der Waals surface area contributed by atoms with Gasteiger partial charge in [0.1, 0.15) is 5.71 Å². The van der Waals surface area contributed by atoms with E-state index in [2.05, 4.69) is 10.5 Å². The van der Waals surface area contributed by atoms with E-state index in [1.54, 1.807) is 12.1 Å². The molecule has 112 valence electrons. The molecule has 0 saturated carbocycles. The molecule has 0 spiro atoms. The van der Waals surface area contributed by atoms with Crippen LogP contribution in [0.4, 0.5) is 5.69 Å². The van der Waals surface area contributed by atoms with Gasteiger partial charge in [-0.25, -0.2) is 0 Å². The summed E-state index contributed by atoms with van der Waals surface area (Å²) in [6.45, 7) is 0. The Morgan fingerprint density at radius 3 is 1.70 bits per heavy atom. The maximum absolute atomic E-state index is 12.8. The van der Waals surface area contributed by atoms with Crippen LogP contribution in [0.5, 0.6) is 0 Å². The van der Waals surface area contributed by atoms with Crippen molar-refractivity contribution in [2.75, 3.05) is 5.43 Å². The fourth-order valence-corrected chi connectivity index (χ4v) is 2.20. The minimum atomic E-state index is -0.111. The summed E-state index contributed by atoms with van der Waals surface area (Å²) in [5.74, 6) is -0.111. The molecule has 3 rings (SSSR count). The predicted octanol–water partition coefficient (Wildman–Crippen LogP) is 4.39. The molecular weight excluding hydrogens is 284 g/mol. The molecule has 0 bridgehead atoms. The second-order valence-corrected chi connectivity index (χ2v) is 5.00. The summed E-state index contributed by atoms with van der Waals surface area (Å²) in [6.07, 6.45) is 0. The van der Waals surface area contributed by atoms with Gasteiger partial charge in [0.05, 0.1) is 5.69 Å². The largest absolute Gasteiger partial charge is 0.287 e. The quantitative estimate of drug-likeness (QED) is 0.431. The van der Waals surface area contributed by atoms with Crippen molar-refractivity contribution in [2.45, 2.75) is 0 Å². The SMILES string of the molecule is O=C(/C(=N\Nc1ccccc1)c1ccccc1)c1ccccc1. The number of hydrogen-bond donors (Lipinski definition) is 1. The average molecular weight is 300 g/mol.